The molecule has 0 unspecified atom stereocenters. The van der Waals surface area contributed by atoms with Crippen LogP contribution in [0.1, 0.15) is 30.6 Å². The number of ketones is 1. The van der Waals surface area contributed by atoms with E-state index in [2.05, 4.69) is 53.7 Å². The van der Waals surface area contributed by atoms with Crippen molar-refractivity contribution in [2.24, 2.45) is 5.92 Å². The molecular formula is C17H27BrN2O. The van der Waals surface area contributed by atoms with Crippen molar-refractivity contribution in [1.82, 2.24) is 9.80 Å². The molecule has 0 bridgehead atoms. The topological polar surface area (TPSA) is 23.6 Å². The summed E-state index contributed by atoms with van der Waals surface area (Å²) in [5, 5.41) is 0. The molecule has 0 fully saturated rings. The van der Waals surface area contributed by atoms with Gasteiger partial charge >= 0.3 is 0 Å². The highest BCUT2D eigenvalue weighted by atomic mass is 79.9. The monoisotopic (exact) mass is 354 g/mol. The molecule has 118 valence electrons. The van der Waals surface area contributed by atoms with E-state index in [-0.39, 0.29) is 5.78 Å². The lowest BCUT2D eigenvalue weighted by Gasteiger charge is -2.25. The lowest BCUT2D eigenvalue weighted by molar-refractivity contribution is 0.0958. The SMILES string of the molecule is CC(C)CN(CCC(=O)c1ccc(Br)cc1)CCN(C)C. The number of carbonyl (C=O) groups is 1. The Morgan fingerprint density at radius 2 is 1.71 bits per heavy atom. The number of carbonyl (C=O) groups excluding carboxylic acids is 1. The number of rotatable bonds is 9. The van der Waals surface area contributed by atoms with Crippen molar-refractivity contribution < 1.29 is 4.79 Å². The summed E-state index contributed by atoms with van der Waals surface area (Å²) in [5.74, 6) is 0.844. The fraction of sp³-hybridized carbons (Fsp3) is 0.588. The quantitative estimate of drug-likeness (QED) is 0.633. The summed E-state index contributed by atoms with van der Waals surface area (Å²) in [4.78, 5) is 16.8. The lowest BCUT2D eigenvalue weighted by atomic mass is 10.1. The molecule has 0 amide bonds. The van der Waals surface area contributed by atoms with Crippen LogP contribution in [-0.2, 0) is 0 Å². The summed E-state index contributed by atoms with van der Waals surface area (Å²) in [7, 11) is 4.17. The molecule has 1 aromatic carbocycles. The van der Waals surface area contributed by atoms with Gasteiger partial charge in [0.1, 0.15) is 0 Å². The van der Waals surface area contributed by atoms with Crippen LogP contribution in [0.4, 0.5) is 0 Å². The van der Waals surface area contributed by atoms with Crippen LogP contribution in [0.2, 0.25) is 0 Å². The molecule has 0 aliphatic heterocycles. The minimum Gasteiger partial charge on any atom is -0.308 e. The number of halogens is 1. The van der Waals surface area contributed by atoms with Gasteiger partial charge < -0.3 is 9.80 Å². The van der Waals surface area contributed by atoms with Gasteiger partial charge in [-0.2, -0.15) is 0 Å². The molecule has 0 aliphatic carbocycles. The van der Waals surface area contributed by atoms with Crippen LogP contribution >= 0.6 is 15.9 Å². The second-order valence-electron chi connectivity index (χ2n) is 6.18. The predicted molar refractivity (Wildman–Crippen MR) is 92.9 cm³/mol. The maximum absolute atomic E-state index is 12.2. The number of benzene rings is 1. The predicted octanol–water partition coefficient (Wildman–Crippen LogP) is 3.54. The Hall–Kier alpha value is -0.710. The van der Waals surface area contributed by atoms with Gasteiger partial charge in [-0.1, -0.05) is 41.9 Å². The van der Waals surface area contributed by atoms with E-state index in [4.69, 9.17) is 0 Å². The van der Waals surface area contributed by atoms with E-state index >= 15 is 0 Å². The zero-order chi connectivity index (χ0) is 15.8. The lowest BCUT2D eigenvalue weighted by Crippen LogP contribution is -2.35. The summed E-state index contributed by atoms with van der Waals surface area (Å²) in [6.07, 6.45) is 0.585. The summed E-state index contributed by atoms with van der Waals surface area (Å²) in [6, 6.07) is 7.62. The van der Waals surface area contributed by atoms with Gasteiger partial charge in [0.15, 0.2) is 5.78 Å². The first-order valence-electron chi connectivity index (χ1n) is 7.54. The number of likely N-dealkylation sites (N-methyl/N-ethyl adjacent to an activating group) is 1. The van der Waals surface area contributed by atoms with Gasteiger partial charge in [-0.3, -0.25) is 4.79 Å². The van der Waals surface area contributed by atoms with E-state index < -0.39 is 0 Å². The van der Waals surface area contributed by atoms with E-state index in [1.54, 1.807) is 0 Å². The van der Waals surface area contributed by atoms with Crippen LogP contribution in [0.15, 0.2) is 28.7 Å². The molecule has 0 spiro atoms. The van der Waals surface area contributed by atoms with Gasteiger partial charge in [0.25, 0.3) is 0 Å². The summed E-state index contributed by atoms with van der Waals surface area (Å²) < 4.78 is 1.01. The highest BCUT2D eigenvalue weighted by Crippen LogP contribution is 2.12. The number of nitrogens with zero attached hydrogens (tertiary/aromatic N) is 2. The molecule has 0 radical (unpaired) electrons. The van der Waals surface area contributed by atoms with E-state index in [1.807, 2.05) is 24.3 Å². The van der Waals surface area contributed by atoms with E-state index in [0.29, 0.717) is 12.3 Å². The molecule has 0 aliphatic rings. The summed E-state index contributed by atoms with van der Waals surface area (Å²) >= 11 is 3.39. The molecule has 0 atom stereocenters. The van der Waals surface area contributed by atoms with Crippen LogP contribution in [0.5, 0.6) is 0 Å². The summed E-state index contributed by atoms with van der Waals surface area (Å²) in [5.41, 5.74) is 0.801. The molecule has 21 heavy (non-hydrogen) atoms. The van der Waals surface area contributed by atoms with Crippen molar-refractivity contribution in [2.75, 3.05) is 40.3 Å². The summed E-state index contributed by atoms with van der Waals surface area (Å²) in [6.45, 7) is 8.36. The molecular weight excluding hydrogens is 328 g/mol. The Kier molecular flexibility index (Phi) is 8.15. The Labute approximate surface area is 137 Å². The van der Waals surface area contributed by atoms with E-state index in [9.17, 15) is 4.79 Å². The standard InChI is InChI=1S/C17H27BrN2O/c1-14(2)13-20(12-11-19(3)4)10-9-17(21)15-5-7-16(18)8-6-15/h5-8,14H,9-13H2,1-4H3. The Bertz CT molecular complexity index is 429. The second kappa shape index (κ2) is 9.34. The highest BCUT2D eigenvalue weighted by Gasteiger charge is 2.11. The molecule has 0 heterocycles. The molecule has 0 N–H and O–H groups in total. The number of hydrogen-bond donors (Lipinski definition) is 0. The third kappa shape index (κ3) is 7.74. The fourth-order valence-corrected chi connectivity index (χ4v) is 2.46. The van der Waals surface area contributed by atoms with Gasteiger partial charge in [0.2, 0.25) is 0 Å². The molecule has 3 nitrogen and oxygen atoms in total. The van der Waals surface area contributed by atoms with Crippen LogP contribution in [0, 0.1) is 5.92 Å². The van der Waals surface area contributed by atoms with Gasteiger partial charge in [0.05, 0.1) is 0 Å². The number of Topliss-reactive ketones (excluding diaryl/α,β-unsaturated/α-hetero) is 1. The molecule has 1 rings (SSSR count). The molecule has 0 saturated carbocycles. The van der Waals surface area contributed by atoms with Crippen molar-refractivity contribution in [3.05, 3.63) is 34.3 Å². The smallest absolute Gasteiger partial charge is 0.164 e. The Morgan fingerprint density at radius 1 is 1.10 bits per heavy atom. The minimum absolute atomic E-state index is 0.223. The molecule has 1 aromatic rings. The van der Waals surface area contributed by atoms with Gasteiger partial charge in [-0.05, 0) is 32.1 Å². The normalized spacial score (nSPS) is 11.6. The van der Waals surface area contributed by atoms with Crippen LogP contribution in [-0.4, -0.2) is 55.9 Å². The van der Waals surface area contributed by atoms with Crippen molar-refractivity contribution in [2.45, 2.75) is 20.3 Å². The molecule has 0 aromatic heterocycles. The van der Waals surface area contributed by atoms with Crippen LogP contribution in [0.25, 0.3) is 0 Å². The average Bonchev–Trinajstić information content (AvgIpc) is 2.41. The zero-order valence-corrected chi connectivity index (χ0v) is 15.2. The third-order valence-corrected chi connectivity index (χ3v) is 3.84. The maximum Gasteiger partial charge on any atom is 0.164 e. The second-order valence-corrected chi connectivity index (χ2v) is 7.09. The van der Waals surface area contributed by atoms with Gasteiger partial charge in [-0.15, -0.1) is 0 Å². The first-order chi connectivity index (χ1) is 9.88. The largest absolute Gasteiger partial charge is 0.308 e. The Morgan fingerprint density at radius 3 is 2.24 bits per heavy atom. The minimum atomic E-state index is 0.223. The van der Waals surface area contributed by atoms with Crippen LogP contribution < -0.4 is 0 Å². The molecule has 4 heteroatoms. The number of hydrogen-bond acceptors (Lipinski definition) is 3. The molecule has 0 saturated heterocycles. The van der Waals surface area contributed by atoms with Crippen molar-refractivity contribution in [3.63, 3.8) is 0 Å². The van der Waals surface area contributed by atoms with E-state index in [1.165, 1.54) is 0 Å². The average molecular weight is 355 g/mol. The third-order valence-electron chi connectivity index (χ3n) is 3.31. The van der Waals surface area contributed by atoms with Crippen molar-refractivity contribution in [3.8, 4) is 0 Å². The van der Waals surface area contributed by atoms with Crippen LogP contribution in [0.3, 0.4) is 0 Å². The van der Waals surface area contributed by atoms with Gasteiger partial charge in [-0.25, -0.2) is 0 Å². The zero-order valence-electron chi connectivity index (χ0n) is 13.6. The van der Waals surface area contributed by atoms with Crippen molar-refractivity contribution >= 4 is 21.7 Å². The fourth-order valence-electron chi connectivity index (χ4n) is 2.19. The first kappa shape index (κ1) is 18.3. The van der Waals surface area contributed by atoms with E-state index in [0.717, 1.165) is 36.2 Å². The Balaban J connectivity index is 2.50. The maximum atomic E-state index is 12.2. The first-order valence-corrected chi connectivity index (χ1v) is 8.33. The van der Waals surface area contributed by atoms with Gasteiger partial charge in [0, 0.05) is 42.6 Å². The van der Waals surface area contributed by atoms with Crippen molar-refractivity contribution in [1.29, 1.82) is 0 Å². The highest BCUT2D eigenvalue weighted by molar-refractivity contribution is 9.10.